The molecule has 0 spiro atoms. The summed E-state index contributed by atoms with van der Waals surface area (Å²) in [4.78, 5) is 0. The van der Waals surface area contributed by atoms with E-state index in [2.05, 4.69) is 32.2 Å². The smallest absolute Gasteiger partial charge is 0.198 e. The van der Waals surface area contributed by atoms with E-state index in [0.29, 0.717) is 11.1 Å². The van der Waals surface area contributed by atoms with Crippen LogP contribution in [-0.2, 0) is 12.6 Å². The first-order valence-electron chi connectivity index (χ1n) is 7.42. The van der Waals surface area contributed by atoms with Gasteiger partial charge in [-0.05, 0) is 35.8 Å². The van der Waals surface area contributed by atoms with Crippen molar-refractivity contribution in [3.05, 3.63) is 34.9 Å². The number of alkyl halides is 3. The van der Waals surface area contributed by atoms with E-state index in [4.69, 9.17) is 5.26 Å². The van der Waals surface area contributed by atoms with Crippen LogP contribution in [0.5, 0.6) is 0 Å². The average Bonchev–Trinajstić information content (AvgIpc) is 2.49. The van der Waals surface area contributed by atoms with Gasteiger partial charge in [-0.3, -0.25) is 0 Å². The molecule has 1 nitrogen and oxygen atoms in total. The van der Waals surface area contributed by atoms with Gasteiger partial charge >= 0.3 is 6.18 Å². The standard InChI is InChI=1S/C17H20F3NSi/c1-4-22(5-2,6-3)12-10-15-13-16(17(18,19)20)8-7-14(15)9-11-21/h7-8,13H,4-6,9H2,1-3H3. The van der Waals surface area contributed by atoms with E-state index < -0.39 is 19.8 Å². The fourth-order valence-corrected chi connectivity index (χ4v) is 4.75. The summed E-state index contributed by atoms with van der Waals surface area (Å²) in [6.45, 7) is 6.28. The number of halogens is 3. The number of hydrogen-bond donors (Lipinski definition) is 0. The second-order valence-corrected chi connectivity index (χ2v) is 10.2. The second-order valence-electron chi connectivity index (χ2n) is 5.30. The van der Waals surface area contributed by atoms with Crippen molar-refractivity contribution in [2.75, 3.05) is 0 Å². The largest absolute Gasteiger partial charge is 0.416 e. The van der Waals surface area contributed by atoms with Crippen LogP contribution in [0.2, 0.25) is 18.1 Å². The van der Waals surface area contributed by atoms with Gasteiger partial charge in [0.25, 0.3) is 0 Å². The number of nitriles is 1. The summed E-state index contributed by atoms with van der Waals surface area (Å²) in [5, 5.41) is 8.83. The van der Waals surface area contributed by atoms with Gasteiger partial charge in [0, 0.05) is 5.56 Å². The first-order valence-corrected chi connectivity index (χ1v) is 10.0. The molecule has 0 aliphatic carbocycles. The van der Waals surface area contributed by atoms with Gasteiger partial charge in [0.05, 0.1) is 18.1 Å². The molecule has 0 aliphatic rings. The highest BCUT2D eigenvalue weighted by molar-refractivity contribution is 6.87. The van der Waals surface area contributed by atoms with Crippen LogP contribution in [0.1, 0.15) is 37.5 Å². The average molecular weight is 323 g/mol. The van der Waals surface area contributed by atoms with Crippen molar-refractivity contribution in [3.8, 4) is 17.5 Å². The van der Waals surface area contributed by atoms with Crippen LogP contribution >= 0.6 is 0 Å². The van der Waals surface area contributed by atoms with Gasteiger partial charge in [0.1, 0.15) is 8.07 Å². The van der Waals surface area contributed by atoms with Crippen molar-refractivity contribution in [2.24, 2.45) is 0 Å². The van der Waals surface area contributed by atoms with Crippen molar-refractivity contribution in [2.45, 2.75) is 51.5 Å². The van der Waals surface area contributed by atoms with Crippen LogP contribution in [0.15, 0.2) is 18.2 Å². The molecular formula is C17H20F3NSi. The SMILES string of the molecule is CC[Si](C#Cc1cc(C(F)(F)F)ccc1CC#N)(CC)CC. The Morgan fingerprint density at radius 3 is 2.14 bits per heavy atom. The van der Waals surface area contributed by atoms with E-state index in [-0.39, 0.29) is 6.42 Å². The maximum absolute atomic E-state index is 12.9. The summed E-state index contributed by atoms with van der Waals surface area (Å²) in [6.07, 6.45) is -4.32. The van der Waals surface area contributed by atoms with Crippen LogP contribution in [0.4, 0.5) is 13.2 Å². The molecule has 0 aromatic heterocycles. The lowest BCUT2D eigenvalue weighted by Crippen LogP contribution is -2.29. The van der Waals surface area contributed by atoms with Crippen molar-refractivity contribution in [1.29, 1.82) is 5.26 Å². The molecule has 5 heteroatoms. The zero-order valence-corrected chi connectivity index (χ0v) is 14.1. The van der Waals surface area contributed by atoms with Gasteiger partial charge in [0.15, 0.2) is 0 Å². The topological polar surface area (TPSA) is 23.8 Å². The van der Waals surface area contributed by atoms with E-state index >= 15 is 0 Å². The minimum atomic E-state index is -4.39. The van der Waals surface area contributed by atoms with E-state index in [1.54, 1.807) is 0 Å². The summed E-state index contributed by atoms with van der Waals surface area (Å²) in [5.74, 6) is 2.96. The lowest BCUT2D eigenvalue weighted by Gasteiger charge is -2.20. The Labute approximate surface area is 131 Å². The molecule has 0 bridgehead atoms. The van der Waals surface area contributed by atoms with Crippen molar-refractivity contribution in [1.82, 2.24) is 0 Å². The molecule has 1 aromatic carbocycles. The zero-order valence-electron chi connectivity index (χ0n) is 13.1. The third-order valence-electron chi connectivity index (χ3n) is 4.20. The summed E-state index contributed by atoms with van der Waals surface area (Å²) in [6, 6.07) is 8.39. The summed E-state index contributed by atoms with van der Waals surface area (Å²) in [7, 11) is -1.73. The quantitative estimate of drug-likeness (QED) is 0.554. The first kappa shape index (κ1) is 18.3. The molecule has 1 aromatic rings. The second kappa shape index (κ2) is 7.51. The highest BCUT2D eigenvalue weighted by Crippen LogP contribution is 2.30. The van der Waals surface area contributed by atoms with Gasteiger partial charge in [-0.2, -0.15) is 18.4 Å². The maximum Gasteiger partial charge on any atom is 0.416 e. The van der Waals surface area contributed by atoms with Gasteiger partial charge < -0.3 is 0 Å². The lowest BCUT2D eigenvalue weighted by atomic mass is 10.0. The molecule has 0 N–H and O–H groups in total. The fraction of sp³-hybridized carbons (Fsp3) is 0.471. The number of rotatable bonds is 4. The minimum absolute atomic E-state index is 0.0705. The molecule has 0 radical (unpaired) electrons. The van der Waals surface area contributed by atoms with Gasteiger partial charge in [-0.25, -0.2) is 0 Å². The Hall–Kier alpha value is -1.72. The van der Waals surface area contributed by atoms with Crippen LogP contribution in [0, 0.1) is 22.8 Å². The third-order valence-corrected chi connectivity index (χ3v) is 8.92. The van der Waals surface area contributed by atoms with Crippen molar-refractivity contribution < 1.29 is 13.2 Å². The molecule has 1 rings (SSSR count). The Bertz CT molecular complexity index is 605. The van der Waals surface area contributed by atoms with Crippen LogP contribution < -0.4 is 0 Å². The van der Waals surface area contributed by atoms with Crippen molar-refractivity contribution in [3.63, 3.8) is 0 Å². The number of benzene rings is 1. The molecule has 0 aliphatic heterocycles. The van der Waals surface area contributed by atoms with Gasteiger partial charge in [-0.15, -0.1) is 5.54 Å². The van der Waals surface area contributed by atoms with E-state index in [1.807, 2.05) is 6.07 Å². The van der Waals surface area contributed by atoms with E-state index in [1.165, 1.54) is 6.07 Å². The highest BCUT2D eigenvalue weighted by Gasteiger charge is 2.31. The Balaban J connectivity index is 3.36. The predicted molar refractivity (Wildman–Crippen MR) is 84.8 cm³/mol. The molecule has 0 atom stereocenters. The third kappa shape index (κ3) is 4.38. The molecule has 0 unspecified atom stereocenters. The van der Waals surface area contributed by atoms with Crippen LogP contribution in [0.25, 0.3) is 0 Å². The molecule has 22 heavy (non-hydrogen) atoms. The predicted octanol–water partition coefficient (Wildman–Crippen LogP) is 5.17. The molecule has 0 saturated carbocycles. The molecule has 0 amide bonds. The number of hydrogen-bond acceptors (Lipinski definition) is 1. The summed E-state index contributed by atoms with van der Waals surface area (Å²) >= 11 is 0. The monoisotopic (exact) mass is 323 g/mol. The summed E-state index contributed by atoms with van der Waals surface area (Å²) in [5.41, 5.74) is 3.48. The molecule has 118 valence electrons. The Kier molecular flexibility index (Phi) is 6.26. The molecular weight excluding hydrogens is 303 g/mol. The fourth-order valence-electron chi connectivity index (χ4n) is 2.32. The van der Waals surface area contributed by atoms with Crippen LogP contribution in [-0.4, -0.2) is 8.07 Å². The normalized spacial score (nSPS) is 11.5. The highest BCUT2D eigenvalue weighted by atomic mass is 28.3. The molecule has 0 heterocycles. The van der Waals surface area contributed by atoms with E-state index in [0.717, 1.165) is 30.3 Å². The van der Waals surface area contributed by atoms with E-state index in [9.17, 15) is 13.2 Å². The first-order chi connectivity index (χ1) is 10.3. The lowest BCUT2D eigenvalue weighted by molar-refractivity contribution is -0.137. The van der Waals surface area contributed by atoms with Crippen LogP contribution in [0.3, 0.4) is 0 Å². The van der Waals surface area contributed by atoms with Crippen molar-refractivity contribution >= 4 is 8.07 Å². The minimum Gasteiger partial charge on any atom is -0.198 e. The molecule has 0 saturated heterocycles. The molecule has 0 fully saturated rings. The van der Waals surface area contributed by atoms with Gasteiger partial charge in [-0.1, -0.05) is 32.8 Å². The number of nitrogens with zero attached hydrogens (tertiary/aromatic N) is 1. The maximum atomic E-state index is 12.9. The van der Waals surface area contributed by atoms with Gasteiger partial charge in [0.2, 0.25) is 0 Å². The Morgan fingerprint density at radius 1 is 1.09 bits per heavy atom. The zero-order chi connectivity index (χ0) is 16.8. The summed E-state index contributed by atoms with van der Waals surface area (Å²) < 4.78 is 38.6. The Morgan fingerprint density at radius 2 is 1.68 bits per heavy atom.